The zero-order valence-electron chi connectivity index (χ0n) is 8.19. The van der Waals surface area contributed by atoms with Gasteiger partial charge in [-0.1, -0.05) is 27.7 Å². The van der Waals surface area contributed by atoms with Crippen molar-refractivity contribution < 1.29 is 4.79 Å². The third kappa shape index (κ3) is 2.91. The summed E-state index contributed by atoms with van der Waals surface area (Å²) in [6.07, 6.45) is 0.906. The van der Waals surface area contributed by atoms with Crippen LogP contribution in [0.4, 0.5) is 0 Å². The first kappa shape index (κ1) is 10.5. The van der Waals surface area contributed by atoms with Crippen LogP contribution in [0.3, 0.4) is 0 Å². The average Bonchev–Trinajstić information content (AvgIpc) is 1.86. The SMILES string of the molecule is CCC(C(=O)NC)C(C)(C)C. The van der Waals surface area contributed by atoms with Crippen LogP contribution >= 0.6 is 0 Å². The highest BCUT2D eigenvalue weighted by molar-refractivity contribution is 5.78. The minimum absolute atomic E-state index is 0.0782. The van der Waals surface area contributed by atoms with Crippen LogP contribution in [0.5, 0.6) is 0 Å². The molecule has 1 N–H and O–H groups in total. The molecule has 0 aromatic rings. The molecule has 0 heterocycles. The van der Waals surface area contributed by atoms with Gasteiger partial charge in [-0.15, -0.1) is 0 Å². The molecule has 0 aromatic heterocycles. The molecule has 0 fully saturated rings. The van der Waals surface area contributed by atoms with Crippen LogP contribution in [0, 0.1) is 11.3 Å². The molecule has 2 nitrogen and oxygen atoms in total. The van der Waals surface area contributed by atoms with Gasteiger partial charge in [0, 0.05) is 13.0 Å². The van der Waals surface area contributed by atoms with E-state index in [4.69, 9.17) is 0 Å². The molecular weight excluding hydrogens is 138 g/mol. The van der Waals surface area contributed by atoms with Gasteiger partial charge in [-0.2, -0.15) is 0 Å². The lowest BCUT2D eigenvalue weighted by Gasteiger charge is -2.27. The van der Waals surface area contributed by atoms with Crippen molar-refractivity contribution in [2.24, 2.45) is 11.3 Å². The molecule has 0 bridgehead atoms. The molecule has 1 unspecified atom stereocenters. The second-order valence-corrected chi connectivity index (χ2v) is 3.94. The molecular formula is C9H19NO. The third-order valence-corrected chi connectivity index (χ3v) is 2.02. The van der Waals surface area contributed by atoms with Crippen LogP contribution in [-0.4, -0.2) is 13.0 Å². The predicted octanol–water partition coefficient (Wildman–Crippen LogP) is 1.80. The van der Waals surface area contributed by atoms with Crippen LogP contribution in [0.15, 0.2) is 0 Å². The Bertz CT molecular complexity index is 135. The van der Waals surface area contributed by atoms with Crippen molar-refractivity contribution in [1.82, 2.24) is 5.32 Å². The van der Waals surface area contributed by atoms with Gasteiger partial charge >= 0.3 is 0 Å². The number of carbonyl (C=O) groups is 1. The lowest BCUT2D eigenvalue weighted by atomic mass is 9.78. The Morgan fingerprint density at radius 3 is 2.00 bits per heavy atom. The number of hydrogen-bond donors (Lipinski definition) is 1. The normalized spacial score (nSPS) is 14.3. The smallest absolute Gasteiger partial charge is 0.223 e. The Balaban J connectivity index is 4.29. The van der Waals surface area contributed by atoms with E-state index in [2.05, 4.69) is 26.1 Å². The van der Waals surface area contributed by atoms with Gasteiger partial charge < -0.3 is 5.32 Å². The minimum atomic E-state index is 0.0782. The largest absolute Gasteiger partial charge is 0.359 e. The third-order valence-electron chi connectivity index (χ3n) is 2.02. The summed E-state index contributed by atoms with van der Waals surface area (Å²) in [4.78, 5) is 11.3. The van der Waals surface area contributed by atoms with Crippen molar-refractivity contribution >= 4 is 5.91 Å². The van der Waals surface area contributed by atoms with Gasteiger partial charge in [-0.25, -0.2) is 0 Å². The van der Waals surface area contributed by atoms with Crippen LogP contribution in [-0.2, 0) is 4.79 Å². The fourth-order valence-electron chi connectivity index (χ4n) is 1.37. The molecule has 66 valence electrons. The number of amides is 1. The molecule has 0 saturated carbocycles. The van der Waals surface area contributed by atoms with E-state index in [0.717, 1.165) is 6.42 Å². The molecule has 1 atom stereocenters. The molecule has 0 aliphatic carbocycles. The average molecular weight is 157 g/mol. The van der Waals surface area contributed by atoms with Gasteiger partial charge in [0.1, 0.15) is 0 Å². The molecule has 0 spiro atoms. The maximum atomic E-state index is 11.3. The summed E-state index contributed by atoms with van der Waals surface area (Å²) in [5.41, 5.74) is 0.0782. The van der Waals surface area contributed by atoms with Crippen molar-refractivity contribution in [2.45, 2.75) is 34.1 Å². The lowest BCUT2D eigenvalue weighted by Crippen LogP contribution is -2.35. The number of nitrogens with one attached hydrogen (secondary N) is 1. The van der Waals surface area contributed by atoms with Crippen LogP contribution < -0.4 is 5.32 Å². The Morgan fingerprint density at radius 2 is 1.91 bits per heavy atom. The van der Waals surface area contributed by atoms with Crippen molar-refractivity contribution in [3.8, 4) is 0 Å². The zero-order chi connectivity index (χ0) is 9.07. The predicted molar refractivity (Wildman–Crippen MR) is 47.3 cm³/mol. The molecule has 0 aliphatic rings. The van der Waals surface area contributed by atoms with Gasteiger partial charge in [0.05, 0.1) is 0 Å². The van der Waals surface area contributed by atoms with Crippen LogP contribution in [0.2, 0.25) is 0 Å². The van der Waals surface area contributed by atoms with Crippen molar-refractivity contribution in [1.29, 1.82) is 0 Å². The lowest BCUT2D eigenvalue weighted by molar-refractivity contribution is -0.127. The van der Waals surface area contributed by atoms with E-state index in [9.17, 15) is 4.79 Å². The summed E-state index contributed by atoms with van der Waals surface area (Å²) < 4.78 is 0. The van der Waals surface area contributed by atoms with Gasteiger partial charge in [-0.3, -0.25) is 4.79 Å². The first-order valence-corrected chi connectivity index (χ1v) is 4.15. The van der Waals surface area contributed by atoms with Gasteiger partial charge in [-0.05, 0) is 11.8 Å². The van der Waals surface area contributed by atoms with Crippen molar-refractivity contribution in [2.75, 3.05) is 7.05 Å². The Labute approximate surface area is 69.4 Å². The molecule has 0 rings (SSSR count). The van der Waals surface area contributed by atoms with Gasteiger partial charge in [0.2, 0.25) is 5.91 Å². The summed E-state index contributed by atoms with van der Waals surface area (Å²) >= 11 is 0. The highest BCUT2D eigenvalue weighted by Crippen LogP contribution is 2.28. The van der Waals surface area contributed by atoms with Gasteiger partial charge in [0.25, 0.3) is 0 Å². The van der Waals surface area contributed by atoms with Crippen LogP contribution in [0.25, 0.3) is 0 Å². The van der Waals surface area contributed by atoms with E-state index in [1.54, 1.807) is 7.05 Å². The molecule has 0 radical (unpaired) electrons. The molecule has 0 saturated heterocycles. The fraction of sp³-hybridized carbons (Fsp3) is 0.889. The van der Waals surface area contributed by atoms with E-state index >= 15 is 0 Å². The van der Waals surface area contributed by atoms with Crippen molar-refractivity contribution in [3.05, 3.63) is 0 Å². The standard InChI is InChI=1S/C9H19NO/c1-6-7(8(11)10-5)9(2,3)4/h7H,6H2,1-5H3,(H,10,11). The monoisotopic (exact) mass is 157 g/mol. The summed E-state index contributed by atoms with van der Waals surface area (Å²) in [5.74, 6) is 0.285. The Hall–Kier alpha value is -0.530. The Morgan fingerprint density at radius 1 is 1.45 bits per heavy atom. The molecule has 0 aromatic carbocycles. The second-order valence-electron chi connectivity index (χ2n) is 3.94. The molecule has 0 aliphatic heterocycles. The zero-order valence-corrected chi connectivity index (χ0v) is 8.19. The Kier molecular flexibility index (Phi) is 3.56. The van der Waals surface area contributed by atoms with Gasteiger partial charge in [0.15, 0.2) is 0 Å². The van der Waals surface area contributed by atoms with Crippen LogP contribution in [0.1, 0.15) is 34.1 Å². The first-order valence-electron chi connectivity index (χ1n) is 4.15. The summed E-state index contributed by atoms with van der Waals surface area (Å²) in [5, 5.41) is 2.68. The first-order chi connectivity index (χ1) is 4.93. The summed E-state index contributed by atoms with van der Waals surface area (Å²) in [6, 6.07) is 0. The quantitative estimate of drug-likeness (QED) is 0.650. The van der Waals surface area contributed by atoms with E-state index in [1.165, 1.54) is 0 Å². The summed E-state index contributed by atoms with van der Waals surface area (Å²) in [6.45, 7) is 8.33. The van der Waals surface area contributed by atoms with E-state index in [-0.39, 0.29) is 17.2 Å². The van der Waals surface area contributed by atoms with E-state index < -0.39 is 0 Å². The van der Waals surface area contributed by atoms with E-state index in [0.29, 0.717) is 0 Å². The fourth-order valence-corrected chi connectivity index (χ4v) is 1.37. The number of hydrogen-bond acceptors (Lipinski definition) is 1. The summed E-state index contributed by atoms with van der Waals surface area (Å²) in [7, 11) is 1.69. The molecule has 2 heteroatoms. The number of rotatable bonds is 2. The molecule has 1 amide bonds. The maximum Gasteiger partial charge on any atom is 0.223 e. The minimum Gasteiger partial charge on any atom is -0.359 e. The highest BCUT2D eigenvalue weighted by Gasteiger charge is 2.28. The molecule has 11 heavy (non-hydrogen) atoms. The highest BCUT2D eigenvalue weighted by atomic mass is 16.1. The number of carbonyl (C=O) groups excluding carboxylic acids is 1. The maximum absolute atomic E-state index is 11.3. The van der Waals surface area contributed by atoms with Crippen molar-refractivity contribution in [3.63, 3.8) is 0 Å². The second kappa shape index (κ2) is 3.74. The topological polar surface area (TPSA) is 29.1 Å². The van der Waals surface area contributed by atoms with E-state index in [1.807, 2.05) is 6.92 Å².